The number of rotatable bonds is 14. The molecule has 2 aliphatic heterocycles. The summed E-state index contributed by atoms with van der Waals surface area (Å²) in [7, 11) is 0. The van der Waals surface area contributed by atoms with Crippen molar-refractivity contribution in [3.8, 4) is 11.1 Å². The first kappa shape index (κ1) is 40.1. The molecule has 6 rings (SSSR count). The van der Waals surface area contributed by atoms with Crippen LogP contribution in [-0.2, 0) is 25.5 Å². The number of aliphatic imine (C=N–C) groups is 1. The topological polar surface area (TPSA) is 181 Å². The van der Waals surface area contributed by atoms with Crippen LogP contribution in [0.3, 0.4) is 0 Å². The average molecular weight is 762 g/mol. The van der Waals surface area contributed by atoms with Gasteiger partial charge in [-0.25, -0.2) is 14.8 Å². The van der Waals surface area contributed by atoms with Crippen molar-refractivity contribution in [2.75, 3.05) is 25.1 Å². The van der Waals surface area contributed by atoms with Gasteiger partial charge < -0.3 is 20.7 Å². The highest BCUT2D eigenvalue weighted by Gasteiger charge is 2.31. The molecule has 1 aliphatic carbocycles. The average Bonchev–Trinajstić information content (AvgIpc) is 3.86. The van der Waals surface area contributed by atoms with Crippen LogP contribution in [0.2, 0.25) is 0 Å². The van der Waals surface area contributed by atoms with Crippen LogP contribution >= 0.6 is 0 Å². The van der Waals surface area contributed by atoms with Crippen LogP contribution in [0, 0.1) is 30.6 Å². The first-order valence-corrected chi connectivity index (χ1v) is 19.5. The lowest BCUT2D eigenvalue weighted by atomic mass is 9.77. The second-order valence-corrected chi connectivity index (χ2v) is 16.0. The second-order valence-electron chi connectivity index (χ2n) is 16.0. The lowest BCUT2D eigenvalue weighted by Gasteiger charge is -2.29. The minimum atomic E-state index is -0.608. The number of carbonyl (C=O) groups excluding carboxylic acids is 5. The molecule has 2 atom stereocenters. The van der Waals surface area contributed by atoms with Gasteiger partial charge in [0.1, 0.15) is 17.1 Å². The Morgan fingerprint density at radius 3 is 2.25 bits per heavy atom. The summed E-state index contributed by atoms with van der Waals surface area (Å²) in [5.74, 6) is -0.640. The van der Waals surface area contributed by atoms with E-state index in [9.17, 15) is 24.0 Å². The number of anilines is 1. The molecule has 3 aromatic rings. The van der Waals surface area contributed by atoms with Crippen molar-refractivity contribution in [1.29, 1.82) is 0 Å². The van der Waals surface area contributed by atoms with Crippen LogP contribution in [0.5, 0.6) is 0 Å². The second kappa shape index (κ2) is 17.9. The van der Waals surface area contributed by atoms with Crippen LogP contribution in [0.25, 0.3) is 11.1 Å². The number of nitrogens with one attached hydrogen (secondary N) is 3. The Hall–Kier alpha value is -5.59. The molecule has 13 nitrogen and oxygen atoms in total. The Morgan fingerprint density at radius 2 is 1.62 bits per heavy atom. The number of aryl methyl sites for hydroxylation is 1. The zero-order chi connectivity index (χ0) is 39.8. The maximum absolute atomic E-state index is 13.9. The number of hydrogen-bond donors (Lipinski definition) is 3. The molecule has 0 radical (unpaired) electrons. The third-order valence-electron chi connectivity index (χ3n) is 10.6. The summed E-state index contributed by atoms with van der Waals surface area (Å²) < 4.78 is 5.36. The van der Waals surface area contributed by atoms with Gasteiger partial charge in [0, 0.05) is 66.2 Å². The highest BCUT2D eigenvalue weighted by atomic mass is 16.6. The Balaban J connectivity index is 1.10. The Bertz CT molecular complexity index is 1990. The zero-order valence-electron chi connectivity index (χ0n) is 32.6. The quantitative estimate of drug-likeness (QED) is 0.148. The van der Waals surface area contributed by atoms with Gasteiger partial charge in [-0.05, 0) is 114 Å². The number of amidine groups is 1. The highest BCUT2D eigenvalue weighted by Crippen LogP contribution is 2.32. The molecule has 13 heteroatoms. The van der Waals surface area contributed by atoms with E-state index in [-0.39, 0.29) is 54.0 Å². The van der Waals surface area contributed by atoms with Gasteiger partial charge in [0.2, 0.25) is 11.8 Å². The van der Waals surface area contributed by atoms with Crippen molar-refractivity contribution in [2.45, 2.75) is 84.7 Å². The van der Waals surface area contributed by atoms with Crippen molar-refractivity contribution in [3.63, 3.8) is 0 Å². The molecular formula is C43H51N7O6. The maximum Gasteiger partial charge on any atom is 0.407 e. The number of nitrogens with zero attached hydrogens (tertiary/aromatic N) is 4. The standard InChI is InChI=1S/C43H51N7O6/c1-26-35(17-18-36(48-26)38(52)22-32-19-20-44-40(32)53)29-9-5-27(6-10-29)21-33(41(54)49-34-15-13-31(14-16-34)39-46-25-47-50-39)23-37(51)30-11-7-28(8-12-30)24-45-42(55)56-43(2,3)4/h5-6,9-10,13-18,28,30,32-33H,7-8,11-12,19-25H2,1-4H3,(H,44,53)(H,45,55)(H,49,54)/t28?,30?,32-,33+/m0/s1. The summed E-state index contributed by atoms with van der Waals surface area (Å²) in [4.78, 5) is 73.5. The van der Waals surface area contributed by atoms with E-state index in [1.807, 2.05) is 70.2 Å². The van der Waals surface area contributed by atoms with Crippen molar-refractivity contribution < 1.29 is 28.7 Å². The number of azo groups is 1. The summed E-state index contributed by atoms with van der Waals surface area (Å²) in [5.41, 5.74) is 4.59. The van der Waals surface area contributed by atoms with E-state index in [1.165, 1.54) is 0 Å². The summed E-state index contributed by atoms with van der Waals surface area (Å²) >= 11 is 0. The minimum Gasteiger partial charge on any atom is -0.444 e. The van der Waals surface area contributed by atoms with Crippen LogP contribution in [0.15, 0.2) is 75.9 Å². The fraction of sp³-hybridized carbons (Fsp3) is 0.465. The molecular weight excluding hydrogens is 711 g/mol. The van der Waals surface area contributed by atoms with Crippen molar-refractivity contribution in [1.82, 2.24) is 15.6 Å². The number of Topliss-reactive ketones (excluding diaryl/α,β-unsaturated/α-hetero) is 2. The minimum absolute atomic E-state index is 0.0742. The van der Waals surface area contributed by atoms with Gasteiger partial charge in [0.15, 0.2) is 18.3 Å². The normalized spacial score (nSPS) is 19.8. The third kappa shape index (κ3) is 10.8. The molecule has 3 amide bonds. The number of carbonyl (C=O) groups is 5. The monoisotopic (exact) mass is 761 g/mol. The van der Waals surface area contributed by atoms with E-state index in [2.05, 4.69) is 36.2 Å². The van der Waals surface area contributed by atoms with Gasteiger partial charge in [0.05, 0.1) is 0 Å². The molecule has 0 spiro atoms. The lowest BCUT2D eigenvalue weighted by molar-refractivity contribution is -0.129. The van der Waals surface area contributed by atoms with E-state index in [0.717, 1.165) is 35.1 Å². The Kier molecular flexibility index (Phi) is 12.8. The van der Waals surface area contributed by atoms with Gasteiger partial charge in [-0.15, -0.1) is 5.11 Å². The van der Waals surface area contributed by atoms with E-state index >= 15 is 0 Å². The van der Waals surface area contributed by atoms with E-state index < -0.39 is 17.6 Å². The van der Waals surface area contributed by atoms with Gasteiger partial charge in [0.25, 0.3) is 0 Å². The van der Waals surface area contributed by atoms with E-state index in [1.54, 1.807) is 18.2 Å². The number of alkyl carbamates (subject to hydrolysis) is 1. The highest BCUT2D eigenvalue weighted by molar-refractivity contribution is 6.01. The van der Waals surface area contributed by atoms with Crippen LogP contribution in [-0.4, -0.2) is 65.7 Å². The first-order valence-electron chi connectivity index (χ1n) is 19.5. The zero-order valence-corrected chi connectivity index (χ0v) is 32.6. The number of aromatic nitrogens is 1. The number of ketones is 2. The molecule has 2 fully saturated rings. The first-order chi connectivity index (χ1) is 26.8. The number of amides is 3. The fourth-order valence-electron chi connectivity index (χ4n) is 7.52. The number of ether oxygens (including phenoxy) is 1. The fourth-order valence-corrected chi connectivity index (χ4v) is 7.52. The third-order valence-corrected chi connectivity index (χ3v) is 10.6. The summed E-state index contributed by atoms with van der Waals surface area (Å²) in [5, 5.41) is 16.6. The number of hydrogen-bond acceptors (Lipinski definition) is 10. The molecule has 2 aromatic carbocycles. The Labute approximate surface area is 327 Å². The predicted octanol–water partition coefficient (Wildman–Crippen LogP) is 7.02. The Morgan fingerprint density at radius 1 is 0.911 bits per heavy atom. The summed E-state index contributed by atoms with van der Waals surface area (Å²) in [6.45, 7) is 8.75. The molecule has 1 saturated carbocycles. The maximum atomic E-state index is 13.9. The molecule has 56 heavy (non-hydrogen) atoms. The number of benzene rings is 2. The molecule has 294 valence electrons. The molecule has 1 aromatic heterocycles. The number of pyridine rings is 1. The van der Waals surface area contributed by atoms with Crippen molar-refractivity contribution >= 4 is 41.0 Å². The molecule has 3 aliphatic rings. The van der Waals surface area contributed by atoms with Crippen LogP contribution < -0.4 is 16.0 Å². The van der Waals surface area contributed by atoms with E-state index in [4.69, 9.17) is 4.74 Å². The van der Waals surface area contributed by atoms with Crippen molar-refractivity contribution in [2.24, 2.45) is 38.9 Å². The van der Waals surface area contributed by atoms with Gasteiger partial charge in [-0.2, -0.15) is 5.11 Å². The molecule has 1 saturated heterocycles. The smallest absolute Gasteiger partial charge is 0.407 e. The summed E-state index contributed by atoms with van der Waals surface area (Å²) in [6.07, 6.45) is 3.86. The van der Waals surface area contributed by atoms with E-state index in [0.29, 0.717) is 68.4 Å². The van der Waals surface area contributed by atoms with Crippen LogP contribution in [0.1, 0.15) is 93.0 Å². The van der Waals surface area contributed by atoms with Crippen molar-refractivity contribution in [3.05, 3.63) is 83.2 Å². The molecule has 3 N–H and O–H groups in total. The van der Waals surface area contributed by atoms with Gasteiger partial charge in [-0.1, -0.05) is 30.3 Å². The van der Waals surface area contributed by atoms with Gasteiger partial charge >= 0.3 is 6.09 Å². The summed E-state index contributed by atoms with van der Waals surface area (Å²) in [6, 6.07) is 18.7. The predicted molar refractivity (Wildman–Crippen MR) is 212 cm³/mol. The molecule has 0 unspecified atom stereocenters. The largest absolute Gasteiger partial charge is 0.444 e. The lowest BCUT2D eigenvalue weighted by Crippen LogP contribution is -2.37. The SMILES string of the molecule is Cc1nc(C(=O)C[C@@H]2CCNC2=O)ccc1-c1ccc(C[C@H](CC(=O)C2CCC(CNC(=O)OC(C)(C)C)CC2)C(=O)Nc2ccc(C3=NCN=N3)cc2)cc1. The molecule has 3 heterocycles. The van der Waals surface area contributed by atoms with Crippen LogP contribution in [0.4, 0.5) is 10.5 Å². The molecule has 0 bridgehead atoms. The van der Waals surface area contributed by atoms with Gasteiger partial charge in [-0.3, -0.25) is 19.2 Å².